The van der Waals surface area contributed by atoms with E-state index < -0.39 is 0 Å². The number of phenolic OH excluding ortho intramolecular Hbond substituents is 1. The van der Waals surface area contributed by atoms with E-state index in [4.69, 9.17) is 13.9 Å². The van der Waals surface area contributed by atoms with Gasteiger partial charge in [0, 0.05) is 18.7 Å². The first-order chi connectivity index (χ1) is 11.6. The monoisotopic (exact) mass is 331 g/mol. The van der Waals surface area contributed by atoms with Crippen molar-refractivity contribution in [2.45, 2.75) is 32.0 Å². The number of rotatable bonds is 7. The van der Waals surface area contributed by atoms with Crippen LogP contribution < -0.4 is 14.9 Å². The van der Waals surface area contributed by atoms with Crippen LogP contribution in [0.25, 0.3) is 0 Å². The van der Waals surface area contributed by atoms with E-state index in [1.54, 1.807) is 6.07 Å². The van der Waals surface area contributed by atoms with Gasteiger partial charge in [0.2, 0.25) is 11.2 Å². The van der Waals surface area contributed by atoms with Gasteiger partial charge in [-0.05, 0) is 30.5 Å². The van der Waals surface area contributed by atoms with Gasteiger partial charge in [0.15, 0.2) is 11.5 Å². The summed E-state index contributed by atoms with van der Waals surface area (Å²) >= 11 is 0. The van der Waals surface area contributed by atoms with E-state index in [2.05, 4.69) is 4.90 Å². The molecule has 2 aromatic rings. The Bertz CT molecular complexity index is 766. The van der Waals surface area contributed by atoms with E-state index in [1.807, 2.05) is 12.1 Å². The lowest BCUT2D eigenvalue weighted by molar-refractivity contribution is 0.221. The zero-order chi connectivity index (χ0) is 17.1. The van der Waals surface area contributed by atoms with Gasteiger partial charge < -0.3 is 19.0 Å². The lowest BCUT2D eigenvalue weighted by Gasteiger charge is -2.21. The molecular formula is C18H21NO5. The number of methoxy groups -OCH3 is 2. The predicted octanol–water partition coefficient (Wildman–Crippen LogP) is 2.53. The second-order valence-electron chi connectivity index (χ2n) is 5.92. The summed E-state index contributed by atoms with van der Waals surface area (Å²) in [4.78, 5) is 14.1. The molecule has 0 atom stereocenters. The maximum atomic E-state index is 11.9. The molecule has 1 heterocycles. The van der Waals surface area contributed by atoms with Crippen LogP contribution >= 0.6 is 0 Å². The molecule has 1 N–H and O–H groups in total. The van der Waals surface area contributed by atoms with Crippen LogP contribution in [0.4, 0.5) is 0 Å². The lowest BCUT2D eigenvalue weighted by atomic mass is 10.2. The van der Waals surface area contributed by atoms with Crippen molar-refractivity contribution >= 4 is 0 Å². The van der Waals surface area contributed by atoms with Crippen LogP contribution in [0, 0.1) is 0 Å². The van der Waals surface area contributed by atoms with Crippen LogP contribution in [-0.2, 0) is 13.1 Å². The van der Waals surface area contributed by atoms with E-state index in [1.165, 1.54) is 26.5 Å². The summed E-state index contributed by atoms with van der Waals surface area (Å²) < 4.78 is 15.6. The summed E-state index contributed by atoms with van der Waals surface area (Å²) in [6.45, 7) is 1.24. The molecule has 6 heteroatoms. The van der Waals surface area contributed by atoms with Crippen molar-refractivity contribution < 1.29 is 19.0 Å². The number of nitrogens with zero attached hydrogens (tertiary/aromatic N) is 1. The summed E-state index contributed by atoms with van der Waals surface area (Å²) in [5.41, 5.74) is 0.855. The molecule has 1 saturated carbocycles. The van der Waals surface area contributed by atoms with Gasteiger partial charge in [-0.15, -0.1) is 0 Å². The Kier molecular flexibility index (Phi) is 4.76. The first-order valence-electron chi connectivity index (χ1n) is 7.86. The van der Waals surface area contributed by atoms with E-state index in [-0.39, 0.29) is 16.9 Å². The van der Waals surface area contributed by atoms with E-state index in [9.17, 15) is 9.90 Å². The SMILES string of the molecule is COc1cc(CN(Cc2cc(=O)c(OC)co2)C2CC2)ccc1O. The Balaban J connectivity index is 1.76. The molecule has 128 valence electrons. The van der Waals surface area contributed by atoms with Crippen molar-refractivity contribution in [3.05, 3.63) is 52.1 Å². The molecule has 0 unspecified atom stereocenters. The minimum Gasteiger partial charge on any atom is -0.504 e. The Morgan fingerprint density at radius 2 is 1.92 bits per heavy atom. The average molecular weight is 331 g/mol. The third-order valence-electron chi connectivity index (χ3n) is 4.12. The summed E-state index contributed by atoms with van der Waals surface area (Å²) in [7, 11) is 2.98. The number of ether oxygens (including phenoxy) is 2. The van der Waals surface area contributed by atoms with Crippen molar-refractivity contribution in [1.29, 1.82) is 0 Å². The zero-order valence-corrected chi connectivity index (χ0v) is 13.8. The molecule has 6 nitrogen and oxygen atoms in total. The van der Waals surface area contributed by atoms with Crippen molar-refractivity contribution in [3.8, 4) is 17.2 Å². The Hall–Kier alpha value is -2.47. The maximum Gasteiger partial charge on any atom is 0.227 e. The second kappa shape index (κ2) is 6.97. The maximum absolute atomic E-state index is 11.9. The average Bonchev–Trinajstić information content (AvgIpc) is 3.41. The highest BCUT2D eigenvalue weighted by Crippen LogP contribution is 2.32. The van der Waals surface area contributed by atoms with Gasteiger partial charge in [0.1, 0.15) is 12.0 Å². The molecule has 1 aromatic heterocycles. The van der Waals surface area contributed by atoms with E-state index >= 15 is 0 Å². The first kappa shape index (κ1) is 16.4. The van der Waals surface area contributed by atoms with Gasteiger partial charge in [-0.2, -0.15) is 0 Å². The highest BCUT2D eigenvalue weighted by molar-refractivity contribution is 5.41. The number of aromatic hydroxyl groups is 1. The number of phenols is 1. The molecule has 1 aliphatic carbocycles. The number of benzene rings is 1. The first-order valence-corrected chi connectivity index (χ1v) is 7.86. The van der Waals surface area contributed by atoms with Crippen molar-refractivity contribution in [2.24, 2.45) is 0 Å². The third-order valence-corrected chi connectivity index (χ3v) is 4.12. The molecular weight excluding hydrogens is 310 g/mol. The summed E-state index contributed by atoms with van der Waals surface area (Å²) in [5.74, 6) is 1.40. The summed E-state index contributed by atoms with van der Waals surface area (Å²) in [6.07, 6.45) is 3.62. The molecule has 0 saturated heterocycles. The molecule has 0 amide bonds. The Morgan fingerprint density at radius 1 is 1.17 bits per heavy atom. The van der Waals surface area contributed by atoms with Gasteiger partial charge in [0.05, 0.1) is 20.8 Å². The molecule has 24 heavy (non-hydrogen) atoms. The third kappa shape index (κ3) is 3.71. The Labute approximate surface area is 140 Å². The molecule has 0 bridgehead atoms. The van der Waals surface area contributed by atoms with Crippen LogP contribution in [0.2, 0.25) is 0 Å². The fraction of sp³-hybridized carbons (Fsp3) is 0.389. The highest BCUT2D eigenvalue weighted by Gasteiger charge is 2.29. The zero-order valence-electron chi connectivity index (χ0n) is 13.8. The van der Waals surface area contributed by atoms with Gasteiger partial charge in [-0.3, -0.25) is 9.69 Å². The van der Waals surface area contributed by atoms with E-state index in [0.717, 1.165) is 18.4 Å². The van der Waals surface area contributed by atoms with Crippen LogP contribution in [0.15, 0.2) is 39.7 Å². The summed E-state index contributed by atoms with van der Waals surface area (Å²) in [5, 5.41) is 9.71. The van der Waals surface area contributed by atoms with Crippen LogP contribution in [0.5, 0.6) is 17.2 Å². The van der Waals surface area contributed by atoms with Crippen LogP contribution in [0.1, 0.15) is 24.2 Å². The minimum absolute atomic E-state index is 0.125. The van der Waals surface area contributed by atoms with Crippen LogP contribution in [0.3, 0.4) is 0 Å². The topological polar surface area (TPSA) is 72.1 Å². The van der Waals surface area contributed by atoms with Gasteiger partial charge in [0.25, 0.3) is 0 Å². The molecule has 3 rings (SSSR count). The normalized spacial score (nSPS) is 14.0. The fourth-order valence-electron chi connectivity index (χ4n) is 2.68. The highest BCUT2D eigenvalue weighted by atomic mass is 16.5. The van der Waals surface area contributed by atoms with Gasteiger partial charge in [-0.25, -0.2) is 0 Å². The smallest absolute Gasteiger partial charge is 0.227 e. The molecule has 0 radical (unpaired) electrons. The standard InChI is InChI=1S/C18H21NO5/c1-22-17-7-12(3-6-15(17)20)9-19(13-4-5-13)10-14-8-16(21)18(23-2)11-24-14/h3,6-8,11,13,20H,4-5,9-10H2,1-2H3. The minimum atomic E-state index is -0.180. The van der Waals surface area contributed by atoms with Gasteiger partial charge in [-0.1, -0.05) is 6.07 Å². The number of hydrogen-bond acceptors (Lipinski definition) is 6. The predicted molar refractivity (Wildman–Crippen MR) is 88.5 cm³/mol. The molecule has 1 aliphatic rings. The van der Waals surface area contributed by atoms with Gasteiger partial charge >= 0.3 is 0 Å². The Morgan fingerprint density at radius 3 is 2.54 bits per heavy atom. The van der Waals surface area contributed by atoms with Crippen molar-refractivity contribution in [1.82, 2.24) is 4.90 Å². The fourth-order valence-corrected chi connectivity index (χ4v) is 2.68. The second-order valence-corrected chi connectivity index (χ2v) is 5.92. The molecule has 1 aromatic carbocycles. The molecule has 0 spiro atoms. The number of hydrogen-bond donors (Lipinski definition) is 1. The lowest BCUT2D eigenvalue weighted by Crippen LogP contribution is -2.25. The molecule has 0 aliphatic heterocycles. The summed E-state index contributed by atoms with van der Waals surface area (Å²) in [6, 6.07) is 7.29. The van der Waals surface area contributed by atoms with Crippen molar-refractivity contribution in [2.75, 3.05) is 14.2 Å². The largest absolute Gasteiger partial charge is 0.504 e. The van der Waals surface area contributed by atoms with E-state index in [0.29, 0.717) is 30.6 Å². The molecule has 1 fully saturated rings. The van der Waals surface area contributed by atoms with Crippen molar-refractivity contribution in [3.63, 3.8) is 0 Å². The van der Waals surface area contributed by atoms with Crippen LogP contribution in [-0.4, -0.2) is 30.3 Å². The quantitative estimate of drug-likeness (QED) is 0.840.